The Morgan fingerprint density at radius 1 is 1.12 bits per heavy atom. The quantitative estimate of drug-likeness (QED) is 0.586. The predicted molar refractivity (Wildman–Crippen MR) is 96.4 cm³/mol. The Kier molecular flexibility index (Phi) is 6.65. The molecule has 0 atom stereocenters. The van der Waals surface area contributed by atoms with Crippen LogP contribution in [0.4, 0.5) is 16.2 Å². The zero-order valence-corrected chi connectivity index (χ0v) is 15.0. The van der Waals surface area contributed by atoms with E-state index >= 15 is 0 Å². The number of benzene rings is 1. The summed E-state index contributed by atoms with van der Waals surface area (Å²) in [5, 5.41) is 6.07. The van der Waals surface area contributed by atoms with Crippen LogP contribution in [0.25, 0.3) is 0 Å². The maximum absolute atomic E-state index is 13.5. The van der Waals surface area contributed by atoms with Gasteiger partial charge in [0.25, 0.3) is 0 Å². The Labute approximate surface area is 147 Å². The Hall–Kier alpha value is -2.26. The lowest BCUT2D eigenvalue weighted by Gasteiger charge is -2.10. The number of hydrogen-bond acceptors (Lipinski definition) is 6. The molecule has 0 aliphatic rings. The van der Waals surface area contributed by atoms with Gasteiger partial charge in [0.2, 0.25) is 16.0 Å². The summed E-state index contributed by atoms with van der Waals surface area (Å²) in [4.78, 5) is 8.51. The van der Waals surface area contributed by atoms with Crippen molar-refractivity contribution in [3.05, 3.63) is 47.4 Å². The van der Waals surface area contributed by atoms with E-state index in [0.29, 0.717) is 24.9 Å². The first-order chi connectivity index (χ1) is 11.9. The number of hydrogen-bond donors (Lipinski definition) is 3. The molecule has 1 heterocycles. The molecule has 2 aromatic rings. The van der Waals surface area contributed by atoms with Gasteiger partial charge in [0.1, 0.15) is 11.6 Å². The number of halogens is 1. The molecule has 0 bridgehead atoms. The minimum atomic E-state index is -3.61. The normalized spacial score (nSPS) is 11.3. The van der Waals surface area contributed by atoms with Gasteiger partial charge in [-0.25, -0.2) is 22.5 Å². The van der Waals surface area contributed by atoms with Gasteiger partial charge in [-0.2, -0.15) is 4.98 Å². The molecule has 0 saturated heterocycles. The lowest BCUT2D eigenvalue weighted by Crippen LogP contribution is -2.30. The van der Waals surface area contributed by atoms with Crippen LogP contribution in [0.15, 0.2) is 30.3 Å². The molecule has 136 valence electrons. The summed E-state index contributed by atoms with van der Waals surface area (Å²) in [6, 6.07) is 7.60. The summed E-state index contributed by atoms with van der Waals surface area (Å²) in [6.07, 6.45) is 0. The predicted octanol–water partition coefficient (Wildman–Crippen LogP) is 1.89. The summed E-state index contributed by atoms with van der Waals surface area (Å²) in [6.45, 7) is 5.02. The Morgan fingerprint density at radius 2 is 1.88 bits per heavy atom. The van der Waals surface area contributed by atoms with Crippen molar-refractivity contribution >= 4 is 21.8 Å². The Balaban J connectivity index is 1.85. The average Bonchev–Trinajstić information content (AvgIpc) is 2.53. The van der Waals surface area contributed by atoms with Crippen molar-refractivity contribution in [2.75, 3.05) is 30.3 Å². The topological polar surface area (TPSA) is 96.0 Å². The third-order valence-corrected chi connectivity index (χ3v) is 4.58. The molecule has 0 aliphatic heterocycles. The van der Waals surface area contributed by atoms with Crippen LogP contribution in [0.3, 0.4) is 0 Å². The maximum atomic E-state index is 13.5. The molecule has 9 heteroatoms. The van der Waals surface area contributed by atoms with Gasteiger partial charge in [0.05, 0.1) is 5.75 Å². The summed E-state index contributed by atoms with van der Waals surface area (Å²) in [5.74, 6) is 0.205. The zero-order valence-electron chi connectivity index (χ0n) is 14.2. The molecule has 2 rings (SSSR count). The Bertz CT molecular complexity index is 814. The summed E-state index contributed by atoms with van der Waals surface area (Å²) in [5.41, 5.74) is 0.943. The highest BCUT2D eigenvalue weighted by Crippen LogP contribution is 2.10. The van der Waals surface area contributed by atoms with Gasteiger partial charge in [-0.15, -0.1) is 0 Å². The van der Waals surface area contributed by atoms with Crippen LogP contribution in [-0.2, 0) is 15.8 Å². The van der Waals surface area contributed by atoms with E-state index in [4.69, 9.17) is 0 Å². The molecule has 25 heavy (non-hydrogen) atoms. The van der Waals surface area contributed by atoms with Crippen molar-refractivity contribution < 1.29 is 12.8 Å². The van der Waals surface area contributed by atoms with Crippen LogP contribution >= 0.6 is 0 Å². The molecule has 1 aromatic carbocycles. The van der Waals surface area contributed by atoms with E-state index in [0.717, 1.165) is 5.69 Å². The number of rotatable bonds is 9. The van der Waals surface area contributed by atoms with Crippen molar-refractivity contribution in [2.24, 2.45) is 0 Å². The largest absolute Gasteiger partial charge is 0.369 e. The van der Waals surface area contributed by atoms with Crippen molar-refractivity contribution in [3.63, 3.8) is 0 Å². The van der Waals surface area contributed by atoms with Crippen molar-refractivity contribution in [3.8, 4) is 0 Å². The first kappa shape index (κ1) is 19.1. The fourth-order valence-electron chi connectivity index (χ4n) is 2.16. The van der Waals surface area contributed by atoms with Crippen molar-refractivity contribution in [1.82, 2.24) is 14.7 Å². The van der Waals surface area contributed by atoms with Crippen molar-refractivity contribution in [1.29, 1.82) is 0 Å². The molecule has 0 fully saturated rings. The third kappa shape index (κ3) is 6.28. The van der Waals surface area contributed by atoms with Crippen LogP contribution < -0.4 is 15.4 Å². The van der Waals surface area contributed by atoms with Gasteiger partial charge >= 0.3 is 0 Å². The molecule has 0 spiro atoms. The van der Waals surface area contributed by atoms with E-state index in [1.54, 1.807) is 12.1 Å². The van der Waals surface area contributed by atoms with E-state index < -0.39 is 21.6 Å². The fourth-order valence-corrected chi connectivity index (χ4v) is 3.32. The number of sulfonamides is 1. The third-order valence-electron chi connectivity index (χ3n) is 3.25. The van der Waals surface area contributed by atoms with Gasteiger partial charge in [-0.1, -0.05) is 18.2 Å². The van der Waals surface area contributed by atoms with Gasteiger partial charge in [-0.05, 0) is 19.9 Å². The fraction of sp³-hybridized carbons (Fsp3) is 0.375. The highest BCUT2D eigenvalue weighted by Gasteiger charge is 2.13. The van der Waals surface area contributed by atoms with Crippen LogP contribution in [0.5, 0.6) is 0 Å². The molecule has 0 radical (unpaired) electrons. The van der Waals surface area contributed by atoms with Crippen LogP contribution in [0.2, 0.25) is 0 Å². The number of anilines is 2. The minimum absolute atomic E-state index is 0.143. The van der Waals surface area contributed by atoms with E-state index in [-0.39, 0.29) is 12.1 Å². The molecule has 7 nitrogen and oxygen atoms in total. The zero-order chi connectivity index (χ0) is 18.3. The molecule has 3 N–H and O–H groups in total. The van der Waals surface area contributed by atoms with Gasteiger partial charge in [0.15, 0.2) is 0 Å². The van der Waals surface area contributed by atoms with Gasteiger partial charge < -0.3 is 10.6 Å². The first-order valence-corrected chi connectivity index (χ1v) is 9.59. The molecular formula is C16H22FN5O2S. The standard InChI is InChI=1S/C16H22FN5O2S/c1-3-18-16-21-12(2)10-15(22-16)19-8-9-20-25(23,24)11-13-6-4-5-7-14(13)17/h4-7,10,20H,3,8-9,11H2,1-2H3,(H2,18,19,21,22). The van der Waals surface area contributed by atoms with Crippen LogP contribution in [-0.4, -0.2) is 38.0 Å². The second kappa shape index (κ2) is 8.72. The van der Waals surface area contributed by atoms with Gasteiger partial charge in [0, 0.05) is 37.0 Å². The summed E-state index contributed by atoms with van der Waals surface area (Å²) in [7, 11) is -3.61. The second-order valence-electron chi connectivity index (χ2n) is 5.42. The summed E-state index contributed by atoms with van der Waals surface area (Å²) < 4.78 is 40.0. The molecule has 0 unspecified atom stereocenters. The highest BCUT2D eigenvalue weighted by atomic mass is 32.2. The molecular weight excluding hydrogens is 345 g/mol. The smallest absolute Gasteiger partial charge is 0.224 e. The number of aryl methyl sites for hydroxylation is 1. The van der Waals surface area contributed by atoms with E-state index in [9.17, 15) is 12.8 Å². The van der Waals surface area contributed by atoms with Crippen LogP contribution in [0.1, 0.15) is 18.2 Å². The van der Waals surface area contributed by atoms with E-state index in [2.05, 4.69) is 25.3 Å². The van der Waals surface area contributed by atoms with E-state index in [1.807, 2.05) is 13.8 Å². The minimum Gasteiger partial charge on any atom is -0.369 e. The van der Waals surface area contributed by atoms with Crippen molar-refractivity contribution in [2.45, 2.75) is 19.6 Å². The summed E-state index contributed by atoms with van der Waals surface area (Å²) >= 11 is 0. The monoisotopic (exact) mass is 367 g/mol. The molecule has 1 aromatic heterocycles. The van der Waals surface area contributed by atoms with E-state index in [1.165, 1.54) is 18.2 Å². The first-order valence-electron chi connectivity index (χ1n) is 7.94. The molecule has 0 aliphatic carbocycles. The number of nitrogens with one attached hydrogen (secondary N) is 3. The SMILES string of the molecule is CCNc1nc(C)cc(NCCNS(=O)(=O)Cc2ccccc2F)n1. The Morgan fingerprint density at radius 3 is 2.60 bits per heavy atom. The second-order valence-corrected chi connectivity index (χ2v) is 7.23. The lowest BCUT2D eigenvalue weighted by molar-refractivity contribution is 0.575. The highest BCUT2D eigenvalue weighted by molar-refractivity contribution is 7.88. The number of nitrogens with zero attached hydrogens (tertiary/aromatic N) is 2. The van der Waals surface area contributed by atoms with Gasteiger partial charge in [-0.3, -0.25) is 0 Å². The molecule has 0 saturated carbocycles. The number of aromatic nitrogens is 2. The lowest BCUT2D eigenvalue weighted by atomic mass is 10.2. The van der Waals surface area contributed by atoms with Crippen LogP contribution in [0, 0.1) is 12.7 Å². The average molecular weight is 367 g/mol. The molecule has 0 amide bonds. The maximum Gasteiger partial charge on any atom is 0.224 e.